The van der Waals surface area contributed by atoms with Crippen molar-refractivity contribution in [3.8, 4) is 12.3 Å². The molecule has 0 unspecified atom stereocenters. The summed E-state index contributed by atoms with van der Waals surface area (Å²) in [5.41, 5.74) is 1.53. The molecule has 27 heavy (non-hydrogen) atoms. The van der Waals surface area contributed by atoms with Crippen LogP contribution >= 0.6 is 0 Å². The predicted molar refractivity (Wildman–Crippen MR) is 104 cm³/mol. The molecule has 3 fully saturated rings. The lowest BCUT2D eigenvalue weighted by Crippen LogP contribution is -2.55. The first-order valence-electron chi connectivity index (χ1n) is 10.6. The Morgan fingerprint density at radius 1 is 1.30 bits per heavy atom. The van der Waals surface area contributed by atoms with E-state index in [4.69, 9.17) is 16.4 Å². The zero-order valence-corrected chi connectivity index (χ0v) is 16.5. The number of fused-ring (bicyclic) bond motifs is 5. The smallest absolute Gasteiger partial charge is 0.304 e. The minimum atomic E-state index is -0.720. The molecule has 0 radical (unpaired) electrons. The van der Waals surface area contributed by atoms with Crippen LogP contribution in [0.5, 0.6) is 0 Å². The van der Waals surface area contributed by atoms with Crippen LogP contribution in [-0.4, -0.2) is 22.5 Å². The lowest BCUT2D eigenvalue weighted by atomic mass is 9.49. The highest BCUT2D eigenvalue weighted by Crippen LogP contribution is 2.67. The Morgan fingerprint density at radius 2 is 2.11 bits per heavy atom. The zero-order valence-electron chi connectivity index (χ0n) is 16.5. The summed E-state index contributed by atoms with van der Waals surface area (Å²) in [5.74, 6) is 5.25. The number of esters is 1. The number of ether oxygens (including phenoxy) is 1. The van der Waals surface area contributed by atoms with Crippen molar-refractivity contribution in [3.05, 3.63) is 11.6 Å². The van der Waals surface area contributed by atoms with Gasteiger partial charge in [-0.1, -0.05) is 23.6 Å². The molecule has 0 spiro atoms. The van der Waals surface area contributed by atoms with Crippen molar-refractivity contribution in [2.75, 3.05) is 0 Å². The number of carbonyl (C=O) groups is 1. The van der Waals surface area contributed by atoms with Crippen molar-refractivity contribution in [2.45, 2.75) is 77.2 Å². The number of hydrogen-bond donors (Lipinski definition) is 1. The fraction of sp³-hybridized carbons (Fsp3) is 0.739. The monoisotopic (exact) mass is 369 g/mol. The molecule has 0 heterocycles. The molecule has 3 saturated carbocycles. The predicted octanol–water partition coefficient (Wildman–Crippen LogP) is 4.71. The molecule has 0 aliphatic heterocycles. The van der Waals surface area contributed by atoms with Gasteiger partial charge in [-0.2, -0.15) is 0 Å². The van der Waals surface area contributed by atoms with Crippen molar-refractivity contribution >= 4 is 11.7 Å². The van der Waals surface area contributed by atoms with Gasteiger partial charge in [0, 0.05) is 12.3 Å². The number of nitrogens with zero attached hydrogens (tertiary/aromatic N) is 1. The Morgan fingerprint density at radius 3 is 2.78 bits per heavy atom. The quantitative estimate of drug-likeness (QED) is 0.332. The first-order valence-corrected chi connectivity index (χ1v) is 10.6. The number of oxime groups is 1. The average Bonchev–Trinajstić information content (AvgIpc) is 3.01. The molecule has 0 aromatic rings. The topological polar surface area (TPSA) is 58.9 Å². The summed E-state index contributed by atoms with van der Waals surface area (Å²) < 4.78 is 5.90. The fourth-order valence-electron chi connectivity index (χ4n) is 7.45. The molecule has 0 saturated heterocycles. The number of hydrogen-bond acceptors (Lipinski definition) is 4. The lowest BCUT2D eigenvalue weighted by Gasteiger charge is -2.56. The van der Waals surface area contributed by atoms with E-state index in [1.54, 1.807) is 0 Å². The third kappa shape index (κ3) is 2.57. The van der Waals surface area contributed by atoms with Crippen LogP contribution in [0.4, 0.5) is 0 Å². The molecule has 4 rings (SSSR count). The van der Waals surface area contributed by atoms with Crippen molar-refractivity contribution in [3.63, 3.8) is 0 Å². The third-order valence-electron chi connectivity index (χ3n) is 8.45. The molecular weight excluding hydrogens is 338 g/mol. The maximum absolute atomic E-state index is 11.9. The summed E-state index contributed by atoms with van der Waals surface area (Å²) in [7, 11) is 0. The van der Waals surface area contributed by atoms with Crippen LogP contribution in [0.25, 0.3) is 0 Å². The van der Waals surface area contributed by atoms with Gasteiger partial charge < -0.3 is 9.94 Å². The minimum Gasteiger partial charge on any atom is -0.445 e. The SMILES string of the molecule is C#C[C@]1(OC(C)=O)CC[C@H]2[C@@H]3CCC4=C/C(=N/O)CC[C@H]4[C@H]3CC[C@@]21CC. The van der Waals surface area contributed by atoms with Crippen LogP contribution < -0.4 is 0 Å². The van der Waals surface area contributed by atoms with Gasteiger partial charge in [0.2, 0.25) is 0 Å². The molecule has 0 amide bonds. The minimum absolute atomic E-state index is 0.0673. The van der Waals surface area contributed by atoms with Crippen molar-refractivity contribution in [1.82, 2.24) is 0 Å². The molecule has 146 valence electrons. The van der Waals surface area contributed by atoms with Crippen molar-refractivity contribution in [1.29, 1.82) is 0 Å². The summed E-state index contributed by atoms with van der Waals surface area (Å²) in [6.45, 7) is 3.72. The Hall–Kier alpha value is -1.76. The van der Waals surface area contributed by atoms with Gasteiger partial charge in [-0.3, -0.25) is 4.79 Å². The maximum atomic E-state index is 11.9. The molecule has 4 aliphatic rings. The molecule has 4 aliphatic carbocycles. The summed E-state index contributed by atoms with van der Waals surface area (Å²) in [6, 6.07) is 0. The Balaban J connectivity index is 1.66. The standard InChI is InChI=1S/C23H31NO3/c1-4-22-12-10-19-18-9-7-17(24-26)14-16(18)6-8-20(19)21(22)11-13-23(22,5-2)27-15(3)25/h2,14,18-21,26H,4,6-13H2,1,3H3/b24-17+/t18-,19-,20-,21+,22+,23+/m1/s1. The second kappa shape index (κ2) is 6.69. The van der Waals surface area contributed by atoms with Crippen LogP contribution in [0.15, 0.2) is 16.8 Å². The van der Waals surface area contributed by atoms with E-state index in [0.29, 0.717) is 23.7 Å². The van der Waals surface area contributed by atoms with Crippen LogP contribution in [0.3, 0.4) is 0 Å². The van der Waals surface area contributed by atoms with E-state index in [0.717, 1.165) is 57.1 Å². The van der Waals surface area contributed by atoms with Gasteiger partial charge in [0.25, 0.3) is 0 Å². The van der Waals surface area contributed by atoms with Crippen molar-refractivity contribution < 1.29 is 14.7 Å². The molecule has 4 nitrogen and oxygen atoms in total. The average molecular weight is 370 g/mol. The number of allylic oxidation sites excluding steroid dienone is 2. The zero-order chi connectivity index (χ0) is 19.2. The molecule has 0 aromatic carbocycles. The van der Waals surface area contributed by atoms with E-state index < -0.39 is 5.60 Å². The highest BCUT2D eigenvalue weighted by molar-refractivity contribution is 5.96. The molecule has 6 atom stereocenters. The van der Waals surface area contributed by atoms with E-state index in [1.807, 2.05) is 0 Å². The molecular formula is C23H31NO3. The maximum Gasteiger partial charge on any atom is 0.304 e. The summed E-state index contributed by atoms with van der Waals surface area (Å²) in [5, 5.41) is 12.6. The van der Waals surface area contributed by atoms with Gasteiger partial charge in [-0.25, -0.2) is 0 Å². The number of terminal acetylenes is 1. The highest BCUT2D eigenvalue weighted by Gasteiger charge is 2.65. The van der Waals surface area contributed by atoms with E-state index in [9.17, 15) is 4.79 Å². The van der Waals surface area contributed by atoms with E-state index in [1.165, 1.54) is 18.9 Å². The van der Waals surface area contributed by atoms with Gasteiger partial charge in [0.05, 0.1) is 5.71 Å². The Bertz CT molecular complexity index is 732. The number of rotatable bonds is 2. The third-order valence-corrected chi connectivity index (χ3v) is 8.45. The van der Waals surface area contributed by atoms with Crippen LogP contribution in [-0.2, 0) is 9.53 Å². The van der Waals surface area contributed by atoms with Gasteiger partial charge in [-0.15, -0.1) is 6.42 Å². The Kier molecular flexibility index (Phi) is 4.61. The first-order chi connectivity index (χ1) is 13.0. The van der Waals surface area contributed by atoms with Crippen LogP contribution in [0, 0.1) is 41.4 Å². The molecule has 0 aromatic heterocycles. The normalized spacial score (nSPS) is 44.5. The van der Waals surface area contributed by atoms with Crippen LogP contribution in [0.2, 0.25) is 0 Å². The fourth-order valence-corrected chi connectivity index (χ4v) is 7.45. The van der Waals surface area contributed by atoms with Crippen molar-refractivity contribution in [2.24, 2.45) is 34.2 Å². The van der Waals surface area contributed by atoms with Crippen LogP contribution in [0.1, 0.15) is 71.6 Å². The second-order valence-electron chi connectivity index (χ2n) is 9.08. The Labute approximate surface area is 162 Å². The molecule has 1 N–H and O–H groups in total. The number of carbonyl (C=O) groups excluding carboxylic acids is 1. The second-order valence-corrected chi connectivity index (χ2v) is 9.08. The summed E-state index contributed by atoms with van der Waals surface area (Å²) in [4.78, 5) is 11.9. The molecule has 4 heteroatoms. The van der Waals surface area contributed by atoms with E-state index in [2.05, 4.69) is 24.1 Å². The van der Waals surface area contributed by atoms with Gasteiger partial charge in [0.1, 0.15) is 0 Å². The van der Waals surface area contributed by atoms with Gasteiger partial charge >= 0.3 is 5.97 Å². The van der Waals surface area contributed by atoms with E-state index in [-0.39, 0.29) is 11.4 Å². The molecule has 0 bridgehead atoms. The largest absolute Gasteiger partial charge is 0.445 e. The summed E-state index contributed by atoms with van der Waals surface area (Å²) in [6.07, 6.45) is 17.5. The summed E-state index contributed by atoms with van der Waals surface area (Å²) >= 11 is 0. The first kappa shape index (κ1) is 18.6. The van der Waals surface area contributed by atoms with Gasteiger partial charge in [0.15, 0.2) is 5.60 Å². The van der Waals surface area contributed by atoms with E-state index >= 15 is 0 Å². The lowest BCUT2D eigenvalue weighted by molar-refractivity contribution is -0.170. The highest BCUT2D eigenvalue weighted by atomic mass is 16.6. The van der Waals surface area contributed by atoms with Gasteiger partial charge in [-0.05, 0) is 87.5 Å².